The maximum absolute atomic E-state index is 4.93. The van der Waals surface area contributed by atoms with Crippen molar-refractivity contribution >= 4 is 25.3 Å². The number of thiol groups is 2. The molecule has 0 saturated heterocycles. The van der Waals surface area contributed by atoms with Gasteiger partial charge in [-0.05, 0) is 55.3 Å². The van der Waals surface area contributed by atoms with Crippen molar-refractivity contribution in [1.82, 2.24) is 29.3 Å². The summed E-state index contributed by atoms with van der Waals surface area (Å²) in [5.74, 6) is 1.38. The fourth-order valence-electron chi connectivity index (χ4n) is 4.12. The van der Waals surface area contributed by atoms with E-state index in [1.54, 1.807) is 0 Å². The third kappa shape index (κ3) is 4.43. The minimum Gasteiger partial charge on any atom is -0.227 e. The van der Waals surface area contributed by atoms with Gasteiger partial charge in [0.05, 0.1) is 17.1 Å². The predicted molar refractivity (Wildman–Crippen MR) is 142 cm³/mol. The molecule has 3 aromatic heterocycles. The van der Waals surface area contributed by atoms with Gasteiger partial charge in [0.15, 0.2) is 0 Å². The smallest absolute Gasteiger partial charge is 0.227 e. The van der Waals surface area contributed by atoms with Gasteiger partial charge in [0.25, 0.3) is 0 Å². The average molecular weight is 487 g/mol. The lowest BCUT2D eigenvalue weighted by Crippen LogP contribution is -2.28. The van der Waals surface area contributed by atoms with Gasteiger partial charge in [-0.3, -0.25) is 0 Å². The first kappa shape index (κ1) is 22.6. The fraction of sp³-hybridized carbons (Fsp3) is 0.192. The van der Waals surface area contributed by atoms with Crippen LogP contribution in [0.15, 0.2) is 79.1 Å². The van der Waals surface area contributed by atoms with Crippen LogP contribution < -0.4 is 0 Å². The second-order valence-electron chi connectivity index (χ2n) is 8.30. The number of nitrogens with zero attached hydrogens (tertiary/aromatic N) is 6. The Hall–Kier alpha value is -3.23. The van der Waals surface area contributed by atoms with Gasteiger partial charge in [0, 0.05) is 40.7 Å². The Bertz CT molecular complexity index is 1340. The summed E-state index contributed by atoms with van der Waals surface area (Å²) >= 11 is 8.82. The van der Waals surface area contributed by atoms with Crippen LogP contribution in [0.5, 0.6) is 0 Å². The summed E-state index contributed by atoms with van der Waals surface area (Å²) in [4.78, 5) is 0. The van der Waals surface area contributed by atoms with Crippen molar-refractivity contribution in [2.45, 2.75) is 31.6 Å². The second kappa shape index (κ2) is 9.56. The molecular formula is C26H26N6S2. The Labute approximate surface area is 210 Å². The maximum Gasteiger partial charge on any atom is 0.238 e. The Morgan fingerprint density at radius 2 is 1.24 bits per heavy atom. The van der Waals surface area contributed by atoms with Gasteiger partial charge in [-0.25, -0.2) is 14.0 Å². The van der Waals surface area contributed by atoms with Crippen LogP contribution in [-0.2, 0) is 11.5 Å². The molecule has 2 aromatic carbocycles. The third-order valence-corrected chi connectivity index (χ3v) is 6.49. The minimum atomic E-state index is -0.377. The number of hydrogen-bond acceptors (Lipinski definition) is 5. The first-order valence-corrected chi connectivity index (χ1v) is 12.4. The Balaban J connectivity index is 1.57. The van der Waals surface area contributed by atoms with Gasteiger partial charge in [0.1, 0.15) is 0 Å². The van der Waals surface area contributed by atoms with Crippen LogP contribution in [0.2, 0.25) is 0 Å². The molecule has 0 radical (unpaired) electrons. The van der Waals surface area contributed by atoms with E-state index in [1.165, 1.54) is 0 Å². The van der Waals surface area contributed by atoms with Gasteiger partial charge in [0.2, 0.25) is 6.29 Å². The molecular weight excluding hydrogens is 460 g/mol. The highest BCUT2D eigenvalue weighted by molar-refractivity contribution is 7.79. The molecule has 0 spiro atoms. The molecule has 0 amide bonds. The summed E-state index contributed by atoms with van der Waals surface area (Å²) in [5.41, 5.74) is 8.20. The Morgan fingerprint density at radius 1 is 0.706 bits per heavy atom. The van der Waals surface area contributed by atoms with Crippen molar-refractivity contribution in [1.29, 1.82) is 0 Å². The van der Waals surface area contributed by atoms with E-state index in [0.717, 1.165) is 45.0 Å². The van der Waals surface area contributed by atoms with Crippen molar-refractivity contribution in [3.8, 4) is 22.5 Å². The van der Waals surface area contributed by atoms with E-state index in [0.29, 0.717) is 11.5 Å². The van der Waals surface area contributed by atoms with Crippen LogP contribution in [0.3, 0.4) is 0 Å². The van der Waals surface area contributed by atoms with Gasteiger partial charge >= 0.3 is 0 Å². The summed E-state index contributed by atoms with van der Waals surface area (Å²) in [6, 6.07) is 22.7. The highest BCUT2D eigenvalue weighted by atomic mass is 32.1. The summed E-state index contributed by atoms with van der Waals surface area (Å²) < 4.78 is 5.77. The molecule has 0 atom stereocenters. The van der Waals surface area contributed by atoms with Gasteiger partial charge < -0.3 is 0 Å². The van der Waals surface area contributed by atoms with E-state index in [-0.39, 0.29) is 6.29 Å². The van der Waals surface area contributed by atoms with E-state index in [1.807, 2.05) is 64.6 Å². The van der Waals surface area contributed by atoms with Crippen molar-refractivity contribution < 1.29 is 0 Å². The first-order valence-electron chi connectivity index (χ1n) is 11.1. The zero-order valence-corrected chi connectivity index (χ0v) is 20.9. The molecule has 5 aromatic rings. The zero-order valence-electron chi connectivity index (χ0n) is 19.1. The number of rotatable bonds is 7. The van der Waals surface area contributed by atoms with Crippen LogP contribution in [0.4, 0.5) is 0 Å². The van der Waals surface area contributed by atoms with Gasteiger partial charge in [-0.15, -0.1) is 0 Å². The second-order valence-corrected chi connectivity index (χ2v) is 8.93. The SMILES string of the molecule is Cc1cc(C)n(C(n2ccc(-c3cccc(CS)c3)n2)n2ccc(-c3cccc(CS)c3)n2)n1. The third-order valence-electron chi connectivity index (χ3n) is 5.76. The average Bonchev–Trinajstić information content (AvgIpc) is 3.61. The molecule has 0 fully saturated rings. The monoisotopic (exact) mass is 486 g/mol. The molecule has 0 aliphatic heterocycles. The largest absolute Gasteiger partial charge is 0.238 e. The molecule has 0 aliphatic carbocycles. The van der Waals surface area contributed by atoms with Gasteiger partial charge in [-0.2, -0.15) is 40.6 Å². The van der Waals surface area contributed by atoms with E-state index in [9.17, 15) is 0 Å². The summed E-state index contributed by atoms with van der Waals surface area (Å²) in [6.07, 6.45) is 3.58. The Morgan fingerprint density at radius 3 is 1.68 bits per heavy atom. The van der Waals surface area contributed by atoms with E-state index < -0.39 is 0 Å². The molecule has 0 bridgehead atoms. The molecule has 5 rings (SSSR count). The van der Waals surface area contributed by atoms with Crippen molar-refractivity contribution in [2.24, 2.45) is 0 Å². The predicted octanol–water partition coefficient (Wildman–Crippen LogP) is 5.64. The van der Waals surface area contributed by atoms with Crippen LogP contribution in [0.1, 0.15) is 28.8 Å². The number of aromatic nitrogens is 6. The Kier molecular flexibility index (Phi) is 6.34. The zero-order chi connectivity index (χ0) is 23.7. The lowest BCUT2D eigenvalue weighted by atomic mass is 10.1. The standard InChI is InChI=1S/C26H26N6S2/c1-18-13-19(2)32(27-18)26(30-11-9-24(28-30)22-7-3-5-20(14-22)16-33)31-12-10-25(29-31)23-8-4-6-21(15-23)17-34/h3-15,26,33-34H,16-17H2,1-2H3. The quantitative estimate of drug-likeness (QED) is 0.293. The van der Waals surface area contributed by atoms with Crippen LogP contribution in [0, 0.1) is 13.8 Å². The molecule has 6 nitrogen and oxygen atoms in total. The molecule has 0 N–H and O–H groups in total. The maximum atomic E-state index is 4.93. The molecule has 0 aliphatic rings. The molecule has 34 heavy (non-hydrogen) atoms. The molecule has 0 unspecified atom stereocenters. The van der Waals surface area contributed by atoms with E-state index >= 15 is 0 Å². The lowest BCUT2D eigenvalue weighted by molar-refractivity contribution is 0.280. The number of hydrogen-bond donors (Lipinski definition) is 2. The summed E-state index contributed by atoms with van der Waals surface area (Å²) in [5, 5.41) is 14.6. The van der Waals surface area contributed by atoms with Crippen LogP contribution in [-0.4, -0.2) is 29.3 Å². The van der Waals surface area contributed by atoms with Crippen molar-refractivity contribution in [3.05, 3.63) is 102 Å². The van der Waals surface area contributed by atoms with E-state index in [2.05, 4.69) is 67.7 Å². The number of aryl methyl sites for hydroxylation is 2. The first-order chi connectivity index (χ1) is 16.6. The van der Waals surface area contributed by atoms with Crippen molar-refractivity contribution in [3.63, 3.8) is 0 Å². The normalized spacial score (nSPS) is 11.4. The van der Waals surface area contributed by atoms with Crippen LogP contribution in [0.25, 0.3) is 22.5 Å². The highest BCUT2D eigenvalue weighted by Gasteiger charge is 2.21. The van der Waals surface area contributed by atoms with Crippen molar-refractivity contribution in [2.75, 3.05) is 0 Å². The highest BCUT2D eigenvalue weighted by Crippen LogP contribution is 2.25. The van der Waals surface area contributed by atoms with E-state index in [4.69, 9.17) is 15.3 Å². The molecule has 3 heterocycles. The fourth-order valence-corrected chi connectivity index (χ4v) is 4.52. The number of benzene rings is 2. The summed E-state index contributed by atoms with van der Waals surface area (Å²) in [7, 11) is 0. The molecule has 172 valence electrons. The molecule has 0 saturated carbocycles. The molecule has 8 heteroatoms. The minimum absolute atomic E-state index is 0.377. The summed E-state index contributed by atoms with van der Waals surface area (Å²) in [6.45, 7) is 4.05. The lowest BCUT2D eigenvalue weighted by Gasteiger charge is -2.20. The topological polar surface area (TPSA) is 53.5 Å². The van der Waals surface area contributed by atoms with Gasteiger partial charge in [-0.1, -0.05) is 36.4 Å². The van der Waals surface area contributed by atoms with Crippen LogP contribution >= 0.6 is 25.3 Å².